The fourth-order valence-corrected chi connectivity index (χ4v) is 3.89. The molecule has 2 amide bonds. The molecule has 0 heterocycles. The number of ether oxygens (including phenoxy) is 2. The van der Waals surface area contributed by atoms with Crippen LogP contribution in [0.15, 0.2) is 59.1 Å². The molecule has 0 aliphatic rings. The van der Waals surface area contributed by atoms with Crippen molar-refractivity contribution < 1.29 is 28.2 Å². The van der Waals surface area contributed by atoms with Crippen LogP contribution in [-0.4, -0.2) is 41.8 Å². The Hall–Kier alpha value is -2.94. The molecule has 0 fully saturated rings. The highest BCUT2D eigenvalue weighted by Gasteiger charge is 2.41. The van der Waals surface area contributed by atoms with Gasteiger partial charge in [-0.15, -0.1) is 0 Å². The average molecular weight is 580 g/mol. The van der Waals surface area contributed by atoms with Gasteiger partial charge in [0.2, 0.25) is 5.67 Å². The lowest BCUT2D eigenvalue weighted by Crippen LogP contribution is -2.55. The molecule has 7 nitrogen and oxygen atoms in total. The topological polar surface area (TPSA) is 93.7 Å². The molecule has 0 aliphatic heterocycles. The van der Waals surface area contributed by atoms with Gasteiger partial charge in [0, 0.05) is 16.9 Å². The summed E-state index contributed by atoms with van der Waals surface area (Å²) < 4.78 is 27.7. The van der Waals surface area contributed by atoms with Gasteiger partial charge in [0.05, 0.1) is 13.0 Å². The number of halogens is 2. The number of nitrogens with one attached hydrogen (secondary N) is 2. The van der Waals surface area contributed by atoms with Crippen molar-refractivity contribution in [2.75, 3.05) is 6.54 Å². The molecule has 37 heavy (non-hydrogen) atoms. The van der Waals surface area contributed by atoms with Crippen molar-refractivity contribution in [3.63, 3.8) is 0 Å². The molecule has 0 spiro atoms. The number of esters is 1. The van der Waals surface area contributed by atoms with E-state index in [0.717, 1.165) is 4.47 Å². The van der Waals surface area contributed by atoms with Crippen LogP contribution < -0.4 is 15.4 Å². The van der Waals surface area contributed by atoms with Crippen molar-refractivity contribution in [1.82, 2.24) is 10.6 Å². The number of carbonyl (C=O) groups is 3. The number of carbonyl (C=O) groups excluding carboxylic acids is 3. The Labute approximate surface area is 226 Å². The Morgan fingerprint density at radius 3 is 2.19 bits per heavy atom. The summed E-state index contributed by atoms with van der Waals surface area (Å²) in [6.45, 7) is 8.35. The van der Waals surface area contributed by atoms with Crippen molar-refractivity contribution in [1.29, 1.82) is 0 Å². The number of hydrogen-bond acceptors (Lipinski definition) is 5. The van der Waals surface area contributed by atoms with Crippen LogP contribution in [0.3, 0.4) is 0 Å². The van der Waals surface area contributed by atoms with E-state index in [2.05, 4.69) is 26.6 Å². The summed E-state index contributed by atoms with van der Waals surface area (Å²) >= 11 is 3.33. The molecule has 2 atom stereocenters. The van der Waals surface area contributed by atoms with Crippen LogP contribution in [0, 0.1) is 5.92 Å². The van der Waals surface area contributed by atoms with Gasteiger partial charge >= 0.3 is 12.1 Å². The molecule has 2 rings (SSSR count). The Balaban J connectivity index is 2.16. The van der Waals surface area contributed by atoms with Gasteiger partial charge in [0.25, 0.3) is 5.91 Å². The standard InChI is InChI=1S/C28H36BrFN2O5/c1-19(2)15-22(16-24(33)36-23-13-11-21(29)12-14-23)32-25(34)28(30,17-20-9-7-6-8-10-20)18-31-26(35)37-27(3,4)5/h6-14,19,22H,15-18H2,1-5H3,(H,31,35)(H,32,34)/t22-,28+/m0/s1. The summed E-state index contributed by atoms with van der Waals surface area (Å²) in [6.07, 6.45) is -0.803. The van der Waals surface area contributed by atoms with Crippen LogP contribution in [0.1, 0.15) is 53.0 Å². The zero-order valence-corrected chi connectivity index (χ0v) is 23.6. The predicted molar refractivity (Wildman–Crippen MR) is 144 cm³/mol. The minimum absolute atomic E-state index is 0.119. The van der Waals surface area contributed by atoms with E-state index in [1.165, 1.54) is 0 Å². The maximum absolute atomic E-state index is 16.3. The van der Waals surface area contributed by atoms with Crippen molar-refractivity contribution in [2.24, 2.45) is 5.92 Å². The maximum atomic E-state index is 16.3. The first-order valence-electron chi connectivity index (χ1n) is 12.2. The third kappa shape index (κ3) is 11.3. The van der Waals surface area contributed by atoms with Crippen LogP contribution in [0.2, 0.25) is 0 Å². The molecule has 9 heteroatoms. The van der Waals surface area contributed by atoms with Crippen LogP contribution in [0.4, 0.5) is 9.18 Å². The highest BCUT2D eigenvalue weighted by molar-refractivity contribution is 9.10. The van der Waals surface area contributed by atoms with Gasteiger partial charge in [-0.05, 0) is 62.9 Å². The quantitative estimate of drug-likeness (QED) is 0.261. The molecule has 2 aromatic carbocycles. The highest BCUT2D eigenvalue weighted by Crippen LogP contribution is 2.22. The van der Waals surface area contributed by atoms with E-state index in [9.17, 15) is 14.4 Å². The molecular weight excluding hydrogens is 543 g/mol. The second-order valence-electron chi connectivity index (χ2n) is 10.4. The van der Waals surface area contributed by atoms with E-state index >= 15 is 4.39 Å². The lowest BCUT2D eigenvalue weighted by Gasteiger charge is -2.29. The van der Waals surface area contributed by atoms with Crippen LogP contribution in [0.5, 0.6) is 5.75 Å². The lowest BCUT2D eigenvalue weighted by atomic mass is 9.93. The van der Waals surface area contributed by atoms with E-state index in [4.69, 9.17) is 9.47 Å². The van der Waals surface area contributed by atoms with Crippen molar-refractivity contribution in [3.8, 4) is 5.75 Å². The first-order chi connectivity index (χ1) is 17.3. The Morgan fingerprint density at radius 2 is 1.62 bits per heavy atom. The van der Waals surface area contributed by atoms with E-state index in [-0.39, 0.29) is 18.8 Å². The first kappa shape index (κ1) is 30.3. The summed E-state index contributed by atoms with van der Waals surface area (Å²) in [5, 5.41) is 5.07. The number of alkyl halides is 1. The molecule has 0 bridgehead atoms. The van der Waals surface area contributed by atoms with Crippen LogP contribution in [-0.2, 0) is 20.7 Å². The van der Waals surface area contributed by atoms with Gasteiger partial charge in [-0.25, -0.2) is 9.18 Å². The summed E-state index contributed by atoms with van der Waals surface area (Å²) in [5.74, 6) is -0.982. The molecule has 0 radical (unpaired) electrons. The predicted octanol–water partition coefficient (Wildman–Crippen LogP) is 5.75. The number of rotatable bonds is 11. The largest absolute Gasteiger partial charge is 0.444 e. The second kappa shape index (κ2) is 13.6. The van der Waals surface area contributed by atoms with Gasteiger partial charge in [0.1, 0.15) is 11.4 Å². The Bertz CT molecular complexity index is 1040. The number of benzene rings is 2. The first-order valence-corrected chi connectivity index (χ1v) is 13.0. The molecule has 2 aromatic rings. The van der Waals surface area contributed by atoms with E-state index in [1.54, 1.807) is 75.4 Å². The Kier molecular flexibility index (Phi) is 11.1. The minimum atomic E-state index is -2.48. The fraction of sp³-hybridized carbons (Fsp3) is 0.464. The third-order valence-electron chi connectivity index (χ3n) is 5.20. The lowest BCUT2D eigenvalue weighted by molar-refractivity contribution is -0.136. The van der Waals surface area contributed by atoms with Gasteiger partial charge in [0.15, 0.2) is 0 Å². The normalized spacial score (nSPS) is 13.8. The summed E-state index contributed by atoms with van der Waals surface area (Å²) in [4.78, 5) is 38.1. The molecule has 0 aliphatic carbocycles. The fourth-order valence-electron chi connectivity index (χ4n) is 3.62. The van der Waals surface area contributed by atoms with Gasteiger partial charge < -0.3 is 20.1 Å². The smallest absolute Gasteiger partial charge is 0.407 e. The van der Waals surface area contributed by atoms with E-state index in [1.807, 2.05) is 13.8 Å². The number of hydrogen-bond donors (Lipinski definition) is 2. The summed E-state index contributed by atoms with van der Waals surface area (Å²) in [6, 6.07) is 14.8. The highest BCUT2D eigenvalue weighted by atomic mass is 79.9. The number of alkyl carbamates (subject to hydrolysis) is 1. The van der Waals surface area contributed by atoms with Gasteiger partial charge in [-0.3, -0.25) is 9.59 Å². The van der Waals surface area contributed by atoms with Crippen LogP contribution in [0.25, 0.3) is 0 Å². The zero-order chi connectivity index (χ0) is 27.6. The molecule has 0 saturated heterocycles. The van der Waals surface area contributed by atoms with Crippen molar-refractivity contribution in [3.05, 3.63) is 64.6 Å². The van der Waals surface area contributed by atoms with E-state index in [0.29, 0.717) is 17.7 Å². The maximum Gasteiger partial charge on any atom is 0.407 e. The molecule has 202 valence electrons. The number of amides is 2. The second-order valence-corrected chi connectivity index (χ2v) is 11.3. The van der Waals surface area contributed by atoms with Crippen molar-refractivity contribution in [2.45, 2.75) is 71.2 Å². The summed E-state index contributed by atoms with van der Waals surface area (Å²) in [5.41, 5.74) is -2.67. The third-order valence-corrected chi connectivity index (χ3v) is 5.72. The molecule has 2 N–H and O–H groups in total. The summed E-state index contributed by atoms with van der Waals surface area (Å²) in [7, 11) is 0. The Morgan fingerprint density at radius 1 is 1.00 bits per heavy atom. The van der Waals surface area contributed by atoms with Gasteiger partial charge in [-0.2, -0.15) is 0 Å². The molecule has 0 saturated carbocycles. The average Bonchev–Trinajstić information content (AvgIpc) is 2.78. The van der Waals surface area contributed by atoms with Gasteiger partial charge in [-0.1, -0.05) is 60.1 Å². The molecule has 0 unspecified atom stereocenters. The zero-order valence-electron chi connectivity index (χ0n) is 22.0. The van der Waals surface area contributed by atoms with Crippen molar-refractivity contribution >= 4 is 33.9 Å². The molecular formula is C28H36BrFN2O5. The van der Waals surface area contributed by atoms with Crippen LogP contribution >= 0.6 is 15.9 Å². The SMILES string of the molecule is CC(C)C[C@@H](CC(=O)Oc1ccc(Br)cc1)NC(=O)[C@](F)(CNC(=O)OC(C)(C)C)Cc1ccccc1. The minimum Gasteiger partial charge on any atom is -0.444 e. The monoisotopic (exact) mass is 578 g/mol. The molecule has 0 aromatic heterocycles. The van der Waals surface area contributed by atoms with E-state index < -0.39 is 41.8 Å².